The second-order valence-corrected chi connectivity index (χ2v) is 20.8. The molecule has 9 aromatic rings. The summed E-state index contributed by atoms with van der Waals surface area (Å²) in [7, 11) is 4.58. The summed E-state index contributed by atoms with van der Waals surface area (Å²) in [5, 5.41) is 1.90. The highest BCUT2D eigenvalue weighted by Crippen LogP contribution is 2.44. The molecular formula is C55H53IN5O10S3+. The van der Waals surface area contributed by atoms with Gasteiger partial charge in [-0.05, 0) is 133 Å². The predicted molar refractivity (Wildman–Crippen MR) is 307 cm³/mol. The number of thiazole rings is 1. The number of Topliss-reactive ketones (excluding diaryl/α,β-unsaturated/α-hetero) is 1. The molecule has 1 aliphatic rings. The number of nitrogen functional groups attached to an aromatic ring is 1. The lowest BCUT2D eigenvalue weighted by Gasteiger charge is -2.16. The van der Waals surface area contributed by atoms with Crippen LogP contribution >= 0.6 is 56.6 Å². The molecule has 1 aliphatic carbocycles. The summed E-state index contributed by atoms with van der Waals surface area (Å²) >= 11 is 6.57. The van der Waals surface area contributed by atoms with Gasteiger partial charge in [-0.1, -0.05) is 56.5 Å². The van der Waals surface area contributed by atoms with Crippen molar-refractivity contribution in [2.24, 2.45) is 0 Å². The highest BCUT2D eigenvalue weighted by Gasteiger charge is 2.27. The summed E-state index contributed by atoms with van der Waals surface area (Å²) < 4.78 is 23.6. The average Bonchev–Trinajstić information content (AvgIpc) is 3.99. The number of anilines is 1. The Morgan fingerprint density at radius 3 is 2.26 bits per heavy atom. The van der Waals surface area contributed by atoms with E-state index >= 15 is 0 Å². The van der Waals surface area contributed by atoms with E-state index in [1.165, 1.54) is 72.3 Å². The van der Waals surface area contributed by atoms with Crippen LogP contribution in [0.4, 0.5) is 10.7 Å². The third-order valence-electron chi connectivity index (χ3n) is 11.5. The molecule has 4 aromatic carbocycles. The molecule has 0 amide bonds. The van der Waals surface area contributed by atoms with Gasteiger partial charge in [-0.25, -0.2) is 14.6 Å². The zero-order valence-corrected chi connectivity index (χ0v) is 45.3. The number of hydrogen-bond acceptors (Lipinski definition) is 15. The molecule has 19 heteroatoms. The Hall–Kier alpha value is -7.33. The second kappa shape index (κ2) is 24.6. The summed E-state index contributed by atoms with van der Waals surface area (Å²) in [5.74, 6) is 1.23. The normalized spacial score (nSPS) is 11.3. The number of rotatable bonds is 8. The van der Waals surface area contributed by atoms with Crippen LogP contribution in [-0.2, 0) is 17.6 Å². The molecule has 0 fully saturated rings. The van der Waals surface area contributed by atoms with Crippen molar-refractivity contribution in [3.63, 3.8) is 0 Å². The van der Waals surface area contributed by atoms with E-state index in [1.54, 1.807) is 49.6 Å². The molecule has 0 bridgehead atoms. The number of aromatic nitrogens is 3. The minimum Gasteiger partial charge on any atom is -0.496 e. The maximum atomic E-state index is 12.2. The van der Waals surface area contributed by atoms with Gasteiger partial charge in [0.2, 0.25) is 0 Å². The van der Waals surface area contributed by atoms with E-state index in [-0.39, 0.29) is 35.9 Å². The van der Waals surface area contributed by atoms with Crippen molar-refractivity contribution in [1.82, 2.24) is 15.0 Å². The number of nitrogens with zero attached hydrogens (tertiary/aromatic N) is 2. The van der Waals surface area contributed by atoms with Crippen LogP contribution < -0.4 is 41.1 Å². The van der Waals surface area contributed by atoms with Crippen molar-refractivity contribution in [2.75, 3.05) is 33.6 Å². The maximum absolute atomic E-state index is 12.2. The van der Waals surface area contributed by atoms with Crippen molar-refractivity contribution in [1.29, 1.82) is 0 Å². The number of H-pyrrole nitrogens is 2. The molecule has 4 N–H and O–H groups in total. The number of carbonyl (C=O) groups excluding carboxylic acids is 2. The smallest absolute Gasteiger partial charge is 0.347 e. The molecule has 0 aliphatic heterocycles. The van der Waals surface area contributed by atoms with Gasteiger partial charge in [0.05, 0.1) is 44.5 Å². The van der Waals surface area contributed by atoms with Crippen molar-refractivity contribution in [3.05, 3.63) is 178 Å². The number of nitrogens with one attached hydrogen (secondary N) is 2. The molecule has 15 nitrogen and oxygen atoms in total. The second-order valence-electron chi connectivity index (χ2n) is 16.2. The van der Waals surface area contributed by atoms with Crippen LogP contribution in [0.1, 0.15) is 69.1 Å². The van der Waals surface area contributed by atoms with E-state index in [4.69, 9.17) is 24.4 Å². The Morgan fingerprint density at radius 1 is 0.905 bits per heavy atom. The minimum atomic E-state index is -0.635. The highest BCUT2D eigenvalue weighted by molar-refractivity contribution is 14.1. The first kappa shape index (κ1) is 56.0. The number of ether oxygens (including phenoxy) is 3. The quantitative estimate of drug-likeness (QED) is 0.0426. The molecule has 0 saturated carbocycles. The maximum Gasteiger partial charge on any atom is 0.347 e. The zero-order chi connectivity index (χ0) is 52.7. The van der Waals surface area contributed by atoms with Crippen LogP contribution in [0, 0.1) is 22.3 Å². The number of thiophene rings is 2. The predicted octanol–water partition coefficient (Wildman–Crippen LogP) is 10.5. The Bertz CT molecular complexity index is 3870. The molecule has 0 atom stereocenters. The van der Waals surface area contributed by atoms with Gasteiger partial charge in [0.25, 0.3) is 16.8 Å². The van der Waals surface area contributed by atoms with Gasteiger partial charge in [0, 0.05) is 42.5 Å². The molecule has 0 unspecified atom stereocenters. The fraction of sp³-hybridized carbons (Fsp3) is 0.200. The van der Waals surface area contributed by atoms with Crippen LogP contribution in [0.3, 0.4) is 0 Å². The number of halogens is 1. The van der Waals surface area contributed by atoms with Crippen LogP contribution in [0.5, 0.6) is 11.5 Å². The van der Waals surface area contributed by atoms with Crippen LogP contribution in [0.2, 0.25) is 0 Å². The number of nitrogens with two attached hydrogens (primary N) is 1. The average molecular weight is 1170 g/mol. The Labute approximate surface area is 450 Å². The summed E-state index contributed by atoms with van der Waals surface area (Å²) in [6.45, 7) is 11.1. The van der Waals surface area contributed by atoms with E-state index in [1.807, 2.05) is 57.2 Å². The summed E-state index contributed by atoms with van der Waals surface area (Å²) in [6, 6.07) is 27.8. The lowest BCUT2D eigenvalue weighted by molar-refractivity contribution is -0.428. The van der Waals surface area contributed by atoms with E-state index in [0.29, 0.717) is 60.0 Å². The summed E-state index contributed by atoms with van der Waals surface area (Å²) in [5.41, 5.74) is 13.1. The number of nitroso groups, excluding NO2 is 1. The number of esters is 1. The third-order valence-corrected chi connectivity index (χ3v) is 15.4. The molecular weight excluding hydrogens is 1110 g/mol. The number of ketones is 1. The van der Waals surface area contributed by atoms with Gasteiger partial charge in [-0.2, -0.15) is 0 Å². The molecule has 0 spiro atoms. The number of carbonyl (C=O) groups is 2. The fourth-order valence-electron chi connectivity index (χ4n) is 7.74. The van der Waals surface area contributed by atoms with E-state index in [9.17, 15) is 28.9 Å². The van der Waals surface area contributed by atoms with Gasteiger partial charge in [0.15, 0.2) is 24.2 Å². The topological polar surface area (TPSA) is 217 Å². The molecule has 0 saturated heterocycles. The van der Waals surface area contributed by atoms with Gasteiger partial charge in [-0.15, -0.1) is 34.0 Å². The molecule has 74 heavy (non-hydrogen) atoms. The highest BCUT2D eigenvalue weighted by atomic mass is 127. The lowest BCUT2D eigenvalue weighted by Crippen LogP contribution is -2.19. The third kappa shape index (κ3) is 12.5. The first-order valence-corrected chi connectivity index (χ1v) is 26.0. The van der Waals surface area contributed by atoms with Crippen LogP contribution in [0.25, 0.3) is 55.7 Å². The lowest BCUT2D eigenvalue weighted by atomic mass is 9.89. The van der Waals surface area contributed by atoms with Crippen molar-refractivity contribution >= 4 is 113 Å². The Kier molecular flexibility index (Phi) is 18.6. The summed E-state index contributed by atoms with van der Waals surface area (Å²) in [4.78, 5) is 82.6. The number of benzene rings is 4. The van der Waals surface area contributed by atoms with Crippen molar-refractivity contribution in [3.8, 4) is 33.3 Å². The van der Waals surface area contributed by atoms with E-state index in [0.717, 1.165) is 63.8 Å². The van der Waals surface area contributed by atoms with Gasteiger partial charge < -0.3 is 34.3 Å². The molecule has 5 heterocycles. The monoisotopic (exact) mass is 1170 g/mol. The van der Waals surface area contributed by atoms with E-state index < -0.39 is 5.63 Å². The SMILES string of the molecule is C.C=c1[nH]c(=O)/c(=C\c2ccc(OC)c(I)c2)s1.CCOC(=O)c1c(N)sc2c1CCc1ccccc1-2.COc1cccc2cc(C(C)=O)c(=O)oc12.Cc1sc2nc(-c3ccc([N+](C)=O)cc3)[nH]c(=O)c2c1C. The largest absolute Gasteiger partial charge is 0.496 e. The van der Waals surface area contributed by atoms with Crippen LogP contribution in [-0.4, -0.2) is 59.3 Å². The van der Waals surface area contributed by atoms with Gasteiger partial charge in [0.1, 0.15) is 27.0 Å². The first-order valence-electron chi connectivity index (χ1n) is 22.5. The Balaban J connectivity index is 0.000000161. The fourth-order valence-corrected chi connectivity index (χ4v) is 11.4. The number of aryl methyl sites for hydroxylation is 3. The van der Waals surface area contributed by atoms with Gasteiger partial charge in [-0.3, -0.25) is 14.4 Å². The minimum absolute atomic E-state index is 0. The zero-order valence-electron chi connectivity index (χ0n) is 40.7. The van der Waals surface area contributed by atoms with Crippen LogP contribution in [0.15, 0.2) is 110 Å². The number of methoxy groups -OCH3 is 2. The van der Waals surface area contributed by atoms with Gasteiger partial charge >= 0.3 is 11.6 Å². The molecule has 5 aromatic heterocycles. The Morgan fingerprint density at radius 2 is 1.62 bits per heavy atom. The number of para-hydroxylation sites is 1. The summed E-state index contributed by atoms with van der Waals surface area (Å²) in [6.07, 6.45) is 3.65. The number of hydrogen-bond donors (Lipinski definition) is 3. The standard InChI is InChI=1S/C15H13N3O2S.C15H15NO2S.C12H10INO2S.C12H10O4.CH4/c1-8-9(2)21-15-12(8)14(19)16-13(17-15)10-4-6-11(7-5-10)18(3)20;1-2-18-15(17)12-11-8-7-9-5-3-4-6-10(9)13(11)19-14(12)16;1-7-14-12(15)11(17-7)6-8-3-4-10(16-2)9(13)5-8;1-7(13)9-6-8-4-3-5-10(15-2)11(8)16-12(9)14;/h4-7H,1-3H3;3-6H,2,7-8,16H2,1H3;3-6H,1H2,2H3,(H,14,15);3-6H,1-2H3;1H4/p+1/b;;11-6+;;. The van der Waals surface area contributed by atoms with E-state index in [2.05, 4.69) is 56.3 Å². The van der Waals surface area contributed by atoms with Crippen molar-refractivity contribution < 1.29 is 33.0 Å². The molecule has 10 rings (SSSR count). The number of aromatic amines is 2. The number of fused-ring (bicyclic) bond motifs is 5. The van der Waals surface area contributed by atoms with Crippen molar-refractivity contribution in [2.45, 2.75) is 48.0 Å². The first-order chi connectivity index (χ1) is 34.9. The molecule has 0 radical (unpaired) electrons. The molecule has 382 valence electrons.